The molecule has 3 N–H and O–H groups in total. The van der Waals surface area contributed by atoms with Crippen molar-refractivity contribution < 1.29 is 24.9 Å². The topological polar surface area (TPSA) is 94.8 Å². The number of carboxylic acids is 2. The van der Waals surface area contributed by atoms with Crippen molar-refractivity contribution >= 4 is 17.5 Å². The summed E-state index contributed by atoms with van der Waals surface area (Å²) in [5, 5.41) is 27.0. The molecule has 0 aliphatic carbocycles. The lowest BCUT2D eigenvalue weighted by molar-refractivity contribution is -0.133. The van der Waals surface area contributed by atoms with Crippen LogP contribution in [-0.4, -0.2) is 27.3 Å². The second kappa shape index (κ2) is 4.69. The third-order valence-corrected chi connectivity index (χ3v) is 2.33. The van der Waals surface area contributed by atoms with Gasteiger partial charge in [-0.25, -0.2) is 9.59 Å². The maximum atomic E-state index is 11.0. The monoisotopic (exact) mass is 236 g/mol. The molecule has 0 atom stereocenters. The lowest BCUT2D eigenvalue weighted by atomic mass is 9.97. The number of aliphatic carboxylic acids is 2. The molecule has 0 heterocycles. The minimum atomic E-state index is -1.33. The van der Waals surface area contributed by atoms with Gasteiger partial charge in [0.1, 0.15) is 5.75 Å². The van der Waals surface area contributed by atoms with Gasteiger partial charge in [0.05, 0.1) is 5.57 Å². The zero-order chi connectivity index (χ0) is 13.2. The lowest BCUT2D eigenvalue weighted by Crippen LogP contribution is -2.05. The van der Waals surface area contributed by atoms with E-state index in [0.29, 0.717) is 17.2 Å². The number of phenols is 1. The van der Waals surface area contributed by atoms with Crippen molar-refractivity contribution in [2.75, 3.05) is 0 Å². The molecule has 0 saturated carbocycles. The van der Waals surface area contributed by atoms with Gasteiger partial charge in [-0.15, -0.1) is 0 Å². The quantitative estimate of drug-likeness (QED) is 0.692. The summed E-state index contributed by atoms with van der Waals surface area (Å²) in [5.74, 6) is -2.60. The highest BCUT2D eigenvalue weighted by molar-refractivity contribution is 6.19. The first kappa shape index (κ1) is 12.8. The van der Waals surface area contributed by atoms with Gasteiger partial charge in [0.15, 0.2) is 0 Å². The summed E-state index contributed by atoms with van der Waals surface area (Å²) in [6.45, 7) is 3.21. The van der Waals surface area contributed by atoms with Gasteiger partial charge >= 0.3 is 11.9 Å². The predicted octanol–water partition coefficient (Wildman–Crippen LogP) is 1.56. The van der Waals surface area contributed by atoms with E-state index in [1.54, 1.807) is 13.8 Å². The number of carboxylic acid groups (broad SMARTS) is 2. The molecule has 0 aromatic heterocycles. The summed E-state index contributed by atoms with van der Waals surface area (Å²) in [6, 6.07) is 2.86. The van der Waals surface area contributed by atoms with Gasteiger partial charge in [-0.3, -0.25) is 0 Å². The highest BCUT2D eigenvalue weighted by Gasteiger charge is 2.16. The second-order valence-corrected chi connectivity index (χ2v) is 3.66. The Kier molecular flexibility index (Phi) is 3.52. The average Bonchev–Trinajstić information content (AvgIpc) is 2.20. The zero-order valence-electron chi connectivity index (χ0n) is 9.39. The zero-order valence-corrected chi connectivity index (χ0v) is 9.39. The Balaban J connectivity index is 3.44. The van der Waals surface area contributed by atoms with Crippen molar-refractivity contribution in [3.8, 4) is 5.75 Å². The number of carbonyl (C=O) groups is 2. The molecule has 0 spiro atoms. The van der Waals surface area contributed by atoms with E-state index in [9.17, 15) is 14.7 Å². The summed E-state index contributed by atoms with van der Waals surface area (Å²) in [4.78, 5) is 21.6. The van der Waals surface area contributed by atoms with E-state index in [1.807, 2.05) is 0 Å². The van der Waals surface area contributed by atoms with Gasteiger partial charge in [0, 0.05) is 6.08 Å². The number of hydrogen-bond acceptors (Lipinski definition) is 3. The van der Waals surface area contributed by atoms with Crippen LogP contribution in [0.4, 0.5) is 0 Å². The molecule has 90 valence electrons. The number of phenolic OH excluding ortho intramolecular Hbond substituents is 1. The number of benzene rings is 1. The van der Waals surface area contributed by atoms with E-state index in [1.165, 1.54) is 12.1 Å². The molecule has 17 heavy (non-hydrogen) atoms. The fourth-order valence-corrected chi connectivity index (χ4v) is 1.47. The minimum absolute atomic E-state index is 0.0475. The molecule has 0 unspecified atom stereocenters. The van der Waals surface area contributed by atoms with Crippen LogP contribution in [0.3, 0.4) is 0 Å². The van der Waals surface area contributed by atoms with E-state index in [0.717, 1.165) is 0 Å². The lowest BCUT2D eigenvalue weighted by Gasteiger charge is -2.09. The summed E-state index contributed by atoms with van der Waals surface area (Å²) in [5.41, 5.74) is 0.972. The smallest absolute Gasteiger partial charge is 0.336 e. The Labute approximate surface area is 97.6 Å². The Morgan fingerprint density at radius 1 is 1.12 bits per heavy atom. The minimum Gasteiger partial charge on any atom is -0.508 e. The molecule has 1 aromatic rings. The third kappa shape index (κ3) is 2.84. The number of rotatable bonds is 3. The molecule has 1 rings (SSSR count). The van der Waals surface area contributed by atoms with Crippen molar-refractivity contribution in [3.05, 3.63) is 34.9 Å². The van der Waals surface area contributed by atoms with Crippen LogP contribution in [0.5, 0.6) is 5.75 Å². The normalized spacial score (nSPS) is 11.3. The molecule has 5 heteroatoms. The maximum Gasteiger partial charge on any atom is 0.336 e. The Morgan fingerprint density at radius 2 is 1.71 bits per heavy atom. The first-order valence-corrected chi connectivity index (χ1v) is 4.81. The van der Waals surface area contributed by atoms with Gasteiger partial charge < -0.3 is 15.3 Å². The highest BCUT2D eigenvalue weighted by atomic mass is 16.4. The fourth-order valence-electron chi connectivity index (χ4n) is 1.47. The summed E-state index contributed by atoms with van der Waals surface area (Å²) in [7, 11) is 0. The van der Waals surface area contributed by atoms with Crippen molar-refractivity contribution in [3.63, 3.8) is 0 Å². The Bertz CT molecular complexity index is 514. The number of aryl methyl sites for hydroxylation is 2. The molecule has 0 bridgehead atoms. The third-order valence-electron chi connectivity index (χ3n) is 2.33. The predicted molar refractivity (Wildman–Crippen MR) is 60.8 cm³/mol. The molecular weight excluding hydrogens is 224 g/mol. The van der Waals surface area contributed by atoms with E-state index in [-0.39, 0.29) is 16.9 Å². The van der Waals surface area contributed by atoms with Crippen LogP contribution < -0.4 is 0 Å². The molecule has 0 aliphatic heterocycles. The van der Waals surface area contributed by atoms with Crippen molar-refractivity contribution in [2.24, 2.45) is 0 Å². The molecule has 0 aliphatic rings. The van der Waals surface area contributed by atoms with Crippen LogP contribution >= 0.6 is 0 Å². The van der Waals surface area contributed by atoms with Gasteiger partial charge in [0.2, 0.25) is 0 Å². The summed E-state index contributed by atoms with van der Waals surface area (Å²) < 4.78 is 0. The summed E-state index contributed by atoms with van der Waals surface area (Å²) >= 11 is 0. The van der Waals surface area contributed by atoms with Crippen molar-refractivity contribution in [1.29, 1.82) is 0 Å². The van der Waals surface area contributed by atoms with Crippen LogP contribution in [0.2, 0.25) is 0 Å². The fraction of sp³-hybridized carbons (Fsp3) is 0.167. The van der Waals surface area contributed by atoms with Crippen LogP contribution in [-0.2, 0) is 9.59 Å². The van der Waals surface area contributed by atoms with E-state index < -0.39 is 11.9 Å². The van der Waals surface area contributed by atoms with Crippen LogP contribution in [0.1, 0.15) is 16.7 Å². The molecular formula is C12H12O5. The summed E-state index contributed by atoms with van der Waals surface area (Å²) in [6.07, 6.45) is 0.640. The van der Waals surface area contributed by atoms with E-state index in [4.69, 9.17) is 10.2 Å². The molecule has 0 amide bonds. The van der Waals surface area contributed by atoms with E-state index in [2.05, 4.69) is 0 Å². The first-order chi connectivity index (χ1) is 7.82. The van der Waals surface area contributed by atoms with Gasteiger partial charge in [0.25, 0.3) is 0 Å². The Hall–Kier alpha value is -2.30. The average molecular weight is 236 g/mol. The number of aromatic hydroxyl groups is 1. The molecule has 1 aromatic carbocycles. The van der Waals surface area contributed by atoms with E-state index >= 15 is 0 Å². The molecule has 0 saturated heterocycles. The number of hydrogen-bond donors (Lipinski definition) is 3. The first-order valence-electron chi connectivity index (χ1n) is 4.81. The maximum absolute atomic E-state index is 11.0. The highest BCUT2D eigenvalue weighted by Crippen LogP contribution is 2.26. The van der Waals surface area contributed by atoms with Gasteiger partial charge in [-0.1, -0.05) is 0 Å². The second-order valence-electron chi connectivity index (χ2n) is 3.66. The SMILES string of the molecule is Cc1cc(/C(=C/C(=O)O)C(=O)O)c(C)cc1O. The van der Waals surface area contributed by atoms with Gasteiger partial charge in [-0.2, -0.15) is 0 Å². The van der Waals surface area contributed by atoms with Crippen LogP contribution in [0, 0.1) is 13.8 Å². The Morgan fingerprint density at radius 3 is 2.18 bits per heavy atom. The van der Waals surface area contributed by atoms with Crippen molar-refractivity contribution in [2.45, 2.75) is 13.8 Å². The standard InChI is InChI=1S/C12H12O5/c1-6-4-10(13)7(2)3-8(6)9(12(16)17)5-11(14)15/h3-5,13H,1-2H3,(H,14,15)(H,16,17)/b9-5-. The van der Waals surface area contributed by atoms with Crippen molar-refractivity contribution in [1.82, 2.24) is 0 Å². The molecule has 0 radical (unpaired) electrons. The van der Waals surface area contributed by atoms with Crippen LogP contribution in [0.25, 0.3) is 5.57 Å². The van der Waals surface area contributed by atoms with Crippen LogP contribution in [0.15, 0.2) is 18.2 Å². The van der Waals surface area contributed by atoms with Gasteiger partial charge in [-0.05, 0) is 42.7 Å². The molecule has 0 fully saturated rings. The largest absolute Gasteiger partial charge is 0.508 e. The molecule has 5 nitrogen and oxygen atoms in total.